The van der Waals surface area contributed by atoms with Crippen LogP contribution in [0.3, 0.4) is 0 Å². The van der Waals surface area contributed by atoms with Crippen LogP contribution in [-0.2, 0) is 12.0 Å². The normalized spacial score (nSPS) is 16.7. The Balaban J connectivity index is 2.33. The van der Waals surface area contributed by atoms with Gasteiger partial charge in [0.25, 0.3) is 0 Å². The number of pyridine rings is 1. The van der Waals surface area contributed by atoms with Crippen molar-refractivity contribution in [1.29, 1.82) is 0 Å². The maximum Gasteiger partial charge on any atom is 0.129 e. The van der Waals surface area contributed by atoms with Crippen molar-refractivity contribution in [2.45, 2.75) is 52.0 Å². The lowest BCUT2D eigenvalue weighted by atomic mass is 9.90. The lowest BCUT2D eigenvalue weighted by molar-refractivity contribution is 0.551. The van der Waals surface area contributed by atoms with E-state index in [4.69, 9.17) is 4.98 Å². The van der Waals surface area contributed by atoms with Crippen LogP contribution < -0.4 is 10.2 Å². The van der Waals surface area contributed by atoms with Crippen LogP contribution in [-0.4, -0.2) is 25.1 Å². The van der Waals surface area contributed by atoms with Crippen LogP contribution in [0.2, 0.25) is 0 Å². The highest BCUT2D eigenvalue weighted by molar-refractivity contribution is 5.44. The zero-order valence-electron chi connectivity index (χ0n) is 12.8. The minimum absolute atomic E-state index is 0.105. The smallest absolute Gasteiger partial charge is 0.129 e. The maximum absolute atomic E-state index is 4.91. The van der Waals surface area contributed by atoms with Gasteiger partial charge in [-0.1, -0.05) is 20.8 Å². The molecule has 2 rings (SSSR count). The Bertz CT molecular complexity index is 414. The first-order chi connectivity index (χ1) is 9.00. The molecule has 3 nitrogen and oxygen atoms in total. The Kier molecular flexibility index (Phi) is 4.46. The zero-order chi connectivity index (χ0) is 13.9. The summed E-state index contributed by atoms with van der Waals surface area (Å²) < 4.78 is 0. The first-order valence-corrected chi connectivity index (χ1v) is 7.42. The fourth-order valence-electron chi connectivity index (χ4n) is 2.55. The fraction of sp³-hybridized carbons (Fsp3) is 0.688. The summed E-state index contributed by atoms with van der Waals surface area (Å²) in [6, 6.07) is 4.49. The third-order valence-corrected chi connectivity index (χ3v) is 3.70. The average molecular weight is 261 g/mol. The summed E-state index contributed by atoms with van der Waals surface area (Å²) in [5, 5.41) is 3.25. The van der Waals surface area contributed by atoms with E-state index in [1.807, 2.05) is 7.05 Å². The Morgan fingerprint density at radius 1 is 1.16 bits per heavy atom. The first-order valence-electron chi connectivity index (χ1n) is 7.42. The number of piperidine rings is 1. The van der Waals surface area contributed by atoms with Gasteiger partial charge < -0.3 is 10.2 Å². The van der Waals surface area contributed by atoms with E-state index < -0.39 is 0 Å². The molecule has 0 saturated carbocycles. The standard InChI is InChI=1S/C16H27N3/c1-16(2,3)14-10-13(12-17-4)11-15(18-14)19-8-6-5-7-9-19/h10-11,17H,5-9,12H2,1-4H3. The van der Waals surface area contributed by atoms with E-state index in [0.717, 1.165) is 25.5 Å². The Hall–Kier alpha value is -1.09. The van der Waals surface area contributed by atoms with Crippen LogP contribution >= 0.6 is 0 Å². The number of hydrogen-bond donors (Lipinski definition) is 1. The molecule has 3 heteroatoms. The van der Waals surface area contributed by atoms with Gasteiger partial charge >= 0.3 is 0 Å². The molecule has 1 aliphatic rings. The summed E-state index contributed by atoms with van der Waals surface area (Å²) in [6.07, 6.45) is 3.95. The van der Waals surface area contributed by atoms with Crippen LogP contribution in [0.15, 0.2) is 12.1 Å². The summed E-state index contributed by atoms with van der Waals surface area (Å²) >= 11 is 0. The summed E-state index contributed by atoms with van der Waals surface area (Å²) in [4.78, 5) is 7.35. The van der Waals surface area contributed by atoms with Crippen LogP contribution in [0, 0.1) is 0 Å². The molecule has 0 atom stereocenters. The quantitative estimate of drug-likeness (QED) is 0.906. The lowest BCUT2D eigenvalue weighted by Gasteiger charge is -2.30. The van der Waals surface area contributed by atoms with Gasteiger partial charge in [-0.15, -0.1) is 0 Å². The SMILES string of the molecule is CNCc1cc(N2CCCCC2)nc(C(C)(C)C)c1. The molecular formula is C16H27N3. The van der Waals surface area contributed by atoms with Crippen molar-refractivity contribution in [3.8, 4) is 0 Å². The molecule has 1 N–H and O–H groups in total. The second kappa shape index (κ2) is 5.91. The van der Waals surface area contributed by atoms with E-state index in [-0.39, 0.29) is 5.41 Å². The highest BCUT2D eigenvalue weighted by atomic mass is 15.2. The number of anilines is 1. The van der Waals surface area contributed by atoms with Crippen LogP contribution in [0.5, 0.6) is 0 Å². The number of hydrogen-bond acceptors (Lipinski definition) is 3. The van der Waals surface area contributed by atoms with Gasteiger partial charge in [0.1, 0.15) is 5.82 Å². The number of nitrogens with zero attached hydrogens (tertiary/aromatic N) is 2. The maximum atomic E-state index is 4.91. The summed E-state index contributed by atoms with van der Waals surface area (Å²) in [7, 11) is 2.00. The molecule has 0 unspecified atom stereocenters. The Morgan fingerprint density at radius 2 is 1.84 bits per heavy atom. The highest BCUT2D eigenvalue weighted by Gasteiger charge is 2.19. The predicted octanol–water partition coefficient (Wildman–Crippen LogP) is 3.09. The predicted molar refractivity (Wildman–Crippen MR) is 81.8 cm³/mol. The van der Waals surface area contributed by atoms with Crippen molar-refractivity contribution in [3.63, 3.8) is 0 Å². The van der Waals surface area contributed by atoms with Crippen molar-refractivity contribution in [2.24, 2.45) is 0 Å². The van der Waals surface area contributed by atoms with Crippen molar-refractivity contribution >= 4 is 5.82 Å². The zero-order valence-corrected chi connectivity index (χ0v) is 12.8. The molecule has 2 heterocycles. The van der Waals surface area contributed by atoms with Gasteiger partial charge in [-0.25, -0.2) is 4.98 Å². The van der Waals surface area contributed by atoms with Crippen molar-refractivity contribution in [3.05, 3.63) is 23.4 Å². The molecule has 1 aliphatic heterocycles. The highest BCUT2D eigenvalue weighted by Crippen LogP contribution is 2.26. The van der Waals surface area contributed by atoms with Crippen LogP contribution in [0.1, 0.15) is 51.3 Å². The molecular weight excluding hydrogens is 234 g/mol. The largest absolute Gasteiger partial charge is 0.357 e. The Labute approximate surface area is 117 Å². The van der Waals surface area contributed by atoms with Gasteiger partial charge in [-0.2, -0.15) is 0 Å². The van der Waals surface area contributed by atoms with E-state index >= 15 is 0 Å². The summed E-state index contributed by atoms with van der Waals surface area (Å²) in [5.74, 6) is 1.16. The number of aromatic nitrogens is 1. The molecule has 1 aromatic rings. The summed E-state index contributed by atoms with van der Waals surface area (Å²) in [6.45, 7) is 9.92. The van der Waals surface area contributed by atoms with E-state index in [9.17, 15) is 0 Å². The fourth-order valence-corrected chi connectivity index (χ4v) is 2.55. The second-order valence-electron chi connectivity index (χ2n) is 6.55. The van der Waals surface area contributed by atoms with E-state index in [1.54, 1.807) is 0 Å². The monoisotopic (exact) mass is 261 g/mol. The Morgan fingerprint density at radius 3 is 2.42 bits per heavy atom. The van der Waals surface area contributed by atoms with Crippen LogP contribution in [0.25, 0.3) is 0 Å². The molecule has 0 amide bonds. The third-order valence-electron chi connectivity index (χ3n) is 3.70. The van der Waals surface area contributed by atoms with Crippen molar-refractivity contribution in [1.82, 2.24) is 10.3 Å². The summed E-state index contributed by atoms with van der Waals surface area (Å²) in [5.41, 5.74) is 2.64. The average Bonchev–Trinajstić information content (AvgIpc) is 2.39. The molecule has 0 bridgehead atoms. The first kappa shape index (κ1) is 14.3. The van der Waals surface area contributed by atoms with E-state index in [2.05, 4.69) is 43.1 Å². The van der Waals surface area contributed by atoms with Gasteiger partial charge in [-0.3, -0.25) is 0 Å². The van der Waals surface area contributed by atoms with Crippen molar-refractivity contribution < 1.29 is 0 Å². The third kappa shape index (κ3) is 3.69. The minimum Gasteiger partial charge on any atom is -0.357 e. The molecule has 0 spiro atoms. The minimum atomic E-state index is 0.105. The molecule has 0 aromatic carbocycles. The van der Waals surface area contributed by atoms with Crippen LogP contribution in [0.4, 0.5) is 5.82 Å². The molecule has 1 fully saturated rings. The molecule has 106 valence electrons. The van der Waals surface area contributed by atoms with E-state index in [0.29, 0.717) is 0 Å². The van der Waals surface area contributed by atoms with Gasteiger partial charge in [0.05, 0.1) is 0 Å². The molecule has 1 aromatic heterocycles. The molecule has 0 aliphatic carbocycles. The molecule has 1 saturated heterocycles. The second-order valence-corrected chi connectivity index (χ2v) is 6.55. The lowest BCUT2D eigenvalue weighted by Crippen LogP contribution is -2.31. The van der Waals surface area contributed by atoms with Gasteiger partial charge in [0.15, 0.2) is 0 Å². The van der Waals surface area contributed by atoms with Gasteiger partial charge in [-0.05, 0) is 44.0 Å². The number of nitrogens with one attached hydrogen (secondary N) is 1. The van der Waals surface area contributed by atoms with Gasteiger partial charge in [0, 0.05) is 30.7 Å². The van der Waals surface area contributed by atoms with Crippen molar-refractivity contribution in [2.75, 3.05) is 25.0 Å². The van der Waals surface area contributed by atoms with Gasteiger partial charge in [0.2, 0.25) is 0 Å². The molecule has 19 heavy (non-hydrogen) atoms. The van der Waals surface area contributed by atoms with E-state index in [1.165, 1.54) is 30.5 Å². The topological polar surface area (TPSA) is 28.2 Å². The molecule has 0 radical (unpaired) electrons. The number of rotatable bonds is 3.